The largest absolute Gasteiger partial charge is 0.416 e. The second kappa shape index (κ2) is 6.23. The van der Waals surface area contributed by atoms with Crippen LogP contribution in [0.2, 0.25) is 0 Å². The highest BCUT2D eigenvalue weighted by Crippen LogP contribution is 2.29. The second-order valence-corrected chi connectivity index (χ2v) is 3.73. The van der Waals surface area contributed by atoms with Crippen LogP contribution in [0.1, 0.15) is 24.5 Å². The molecule has 0 bridgehead atoms. The van der Waals surface area contributed by atoms with E-state index in [1.54, 1.807) is 0 Å². The average molecular weight is 273 g/mol. The summed E-state index contributed by atoms with van der Waals surface area (Å²) in [6.45, 7) is 1.66. The third-order valence-corrected chi connectivity index (χ3v) is 2.14. The summed E-state index contributed by atoms with van der Waals surface area (Å²) >= 11 is 0. The molecule has 6 heteroatoms. The molecule has 0 saturated heterocycles. The lowest BCUT2D eigenvalue weighted by Gasteiger charge is -2.06. The Morgan fingerprint density at radius 2 is 2.05 bits per heavy atom. The monoisotopic (exact) mass is 273 g/mol. The van der Waals surface area contributed by atoms with Crippen molar-refractivity contribution in [3.05, 3.63) is 35.1 Å². The van der Waals surface area contributed by atoms with E-state index in [4.69, 9.17) is 0 Å². The molecule has 1 N–H and O–H groups in total. The molecule has 0 spiro atoms. The molecule has 19 heavy (non-hydrogen) atoms. The van der Waals surface area contributed by atoms with Crippen LogP contribution in [0.4, 0.5) is 17.6 Å². The molecule has 0 radical (unpaired) electrons. The number of benzene rings is 1. The number of nitrogens with one attached hydrogen (secondary N) is 1. The molecule has 0 unspecified atom stereocenters. The molecule has 102 valence electrons. The van der Waals surface area contributed by atoms with Crippen molar-refractivity contribution in [1.29, 1.82) is 0 Å². The van der Waals surface area contributed by atoms with E-state index in [1.165, 1.54) is 6.92 Å². The van der Waals surface area contributed by atoms with Gasteiger partial charge in [0.1, 0.15) is 5.82 Å². The summed E-state index contributed by atoms with van der Waals surface area (Å²) in [5.41, 5.74) is -1.15. The number of hydrogen-bond donors (Lipinski definition) is 1. The number of rotatable bonds is 2. The van der Waals surface area contributed by atoms with Gasteiger partial charge in [0.25, 0.3) is 0 Å². The van der Waals surface area contributed by atoms with E-state index in [0.29, 0.717) is 19.0 Å². The SMILES string of the molecule is CC(=O)NCCC#Cc1ccc(C(F)(F)F)cc1F. The van der Waals surface area contributed by atoms with Crippen molar-refractivity contribution < 1.29 is 22.4 Å². The van der Waals surface area contributed by atoms with Crippen LogP contribution in [0.25, 0.3) is 0 Å². The van der Waals surface area contributed by atoms with Crippen molar-refractivity contribution in [3.8, 4) is 11.8 Å². The Morgan fingerprint density at radius 1 is 1.37 bits per heavy atom. The quantitative estimate of drug-likeness (QED) is 0.501. The van der Waals surface area contributed by atoms with Crippen LogP contribution < -0.4 is 5.32 Å². The van der Waals surface area contributed by atoms with Crippen LogP contribution in [-0.4, -0.2) is 12.5 Å². The normalized spacial score (nSPS) is 10.6. The van der Waals surface area contributed by atoms with Crippen LogP contribution in [0, 0.1) is 17.7 Å². The van der Waals surface area contributed by atoms with Crippen LogP contribution in [0.3, 0.4) is 0 Å². The fourth-order valence-corrected chi connectivity index (χ4v) is 1.25. The lowest BCUT2D eigenvalue weighted by Crippen LogP contribution is -2.20. The number of amides is 1. The number of carbonyl (C=O) groups is 1. The minimum absolute atomic E-state index is 0.101. The summed E-state index contributed by atoms with van der Waals surface area (Å²) in [5.74, 6) is 3.77. The van der Waals surface area contributed by atoms with E-state index in [-0.39, 0.29) is 11.5 Å². The van der Waals surface area contributed by atoms with Crippen molar-refractivity contribution in [2.75, 3.05) is 6.54 Å². The maximum atomic E-state index is 13.3. The van der Waals surface area contributed by atoms with Gasteiger partial charge in [-0.15, -0.1) is 0 Å². The first-order chi connectivity index (χ1) is 8.80. The van der Waals surface area contributed by atoms with Gasteiger partial charge in [-0.2, -0.15) is 13.2 Å². The number of halogens is 4. The molecule has 0 saturated carbocycles. The molecule has 0 fully saturated rings. The maximum Gasteiger partial charge on any atom is 0.416 e. The van der Waals surface area contributed by atoms with Crippen molar-refractivity contribution in [1.82, 2.24) is 5.32 Å². The molecule has 0 aliphatic rings. The molecule has 2 nitrogen and oxygen atoms in total. The van der Waals surface area contributed by atoms with Crippen LogP contribution >= 0.6 is 0 Å². The zero-order valence-electron chi connectivity index (χ0n) is 10.1. The van der Waals surface area contributed by atoms with E-state index in [9.17, 15) is 22.4 Å². The van der Waals surface area contributed by atoms with E-state index >= 15 is 0 Å². The lowest BCUT2D eigenvalue weighted by atomic mass is 10.1. The standard InChI is InChI=1S/C13H11F4NO/c1-9(19)18-7-3-2-4-10-5-6-11(8-12(10)14)13(15,16)17/h5-6,8H,3,7H2,1H3,(H,18,19). The van der Waals surface area contributed by atoms with Gasteiger partial charge in [0.2, 0.25) is 5.91 Å². The summed E-state index contributed by atoms with van der Waals surface area (Å²) in [7, 11) is 0. The maximum absolute atomic E-state index is 13.3. The van der Waals surface area contributed by atoms with Gasteiger partial charge in [-0.3, -0.25) is 4.79 Å². The molecule has 0 aromatic heterocycles. The van der Waals surface area contributed by atoms with Gasteiger partial charge in [0, 0.05) is 19.9 Å². The zero-order chi connectivity index (χ0) is 14.5. The molecular weight excluding hydrogens is 262 g/mol. The Labute approximate surface area is 107 Å². The van der Waals surface area contributed by atoms with Crippen LogP contribution in [0.15, 0.2) is 18.2 Å². The van der Waals surface area contributed by atoms with Gasteiger partial charge in [0.15, 0.2) is 0 Å². The summed E-state index contributed by atoms with van der Waals surface area (Å²) < 4.78 is 50.2. The van der Waals surface area contributed by atoms with E-state index in [2.05, 4.69) is 17.2 Å². The fraction of sp³-hybridized carbons (Fsp3) is 0.308. The van der Waals surface area contributed by atoms with Crippen molar-refractivity contribution in [2.24, 2.45) is 0 Å². The molecule has 0 atom stereocenters. The summed E-state index contributed by atoms with van der Waals surface area (Å²) in [6, 6.07) is 2.18. The van der Waals surface area contributed by atoms with Crippen LogP contribution in [0.5, 0.6) is 0 Å². The van der Waals surface area contributed by atoms with Gasteiger partial charge >= 0.3 is 6.18 Å². The van der Waals surface area contributed by atoms with E-state index < -0.39 is 17.6 Å². The van der Waals surface area contributed by atoms with Crippen LogP contribution in [-0.2, 0) is 11.0 Å². The first-order valence-electron chi connectivity index (χ1n) is 5.41. The fourth-order valence-electron chi connectivity index (χ4n) is 1.25. The highest BCUT2D eigenvalue weighted by Gasteiger charge is 2.30. The molecule has 0 aliphatic heterocycles. The Balaban J connectivity index is 2.71. The van der Waals surface area contributed by atoms with Crippen molar-refractivity contribution in [3.63, 3.8) is 0 Å². The van der Waals surface area contributed by atoms with Gasteiger partial charge in [0.05, 0.1) is 11.1 Å². The van der Waals surface area contributed by atoms with Crippen molar-refractivity contribution in [2.45, 2.75) is 19.5 Å². The summed E-state index contributed by atoms with van der Waals surface area (Å²) in [5, 5.41) is 2.49. The minimum atomic E-state index is -4.57. The van der Waals surface area contributed by atoms with E-state index in [0.717, 1.165) is 12.1 Å². The molecule has 1 aromatic rings. The first-order valence-corrected chi connectivity index (χ1v) is 5.41. The third kappa shape index (κ3) is 5.00. The highest BCUT2D eigenvalue weighted by molar-refractivity contribution is 5.72. The topological polar surface area (TPSA) is 29.1 Å². The number of hydrogen-bond acceptors (Lipinski definition) is 1. The number of carbonyl (C=O) groups excluding carboxylic acids is 1. The molecular formula is C13H11F4NO. The molecule has 0 aliphatic carbocycles. The van der Waals surface area contributed by atoms with Crippen molar-refractivity contribution >= 4 is 5.91 Å². The zero-order valence-corrected chi connectivity index (χ0v) is 10.1. The Hall–Kier alpha value is -2.03. The summed E-state index contributed by atoms with van der Waals surface area (Å²) in [4.78, 5) is 10.5. The number of alkyl halides is 3. The third-order valence-electron chi connectivity index (χ3n) is 2.14. The Kier molecular flexibility index (Phi) is 4.93. The predicted octanol–water partition coefficient (Wildman–Crippen LogP) is 2.72. The van der Waals surface area contributed by atoms with Gasteiger partial charge in [-0.05, 0) is 18.2 Å². The Bertz CT molecular complexity index is 526. The minimum Gasteiger partial charge on any atom is -0.355 e. The molecule has 1 rings (SSSR count). The smallest absolute Gasteiger partial charge is 0.355 e. The Morgan fingerprint density at radius 3 is 2.58 bits per heavy atom. The lowest BCUT2D eigenvalue weighted by molar-refractivity contribution is -0.137. The first kappa shape index (κ1) is 15.0. The molecule has 0 heterocycles. The molecule has 1 aromatic carbocycles. The average Bonchev–Trinajstić information content (AvgIpc) is 2.28. The second-order valence-electron chi connectivity index (χ2n) is 3.73. The van der Waals surface area contributed by atoms with Gasteiger partial charge in [-0.1, -0.05) is 11.8 Å². The van der Waals surface area contributed by atoms with Gasteiger partial charge < -0.3 is 5.32 Å². The molecule has 1 amide bonds. The highest BCUT2D eigenvalue weighted by atomic mass is 19.4. The van der Waals surface area contributed by atoms with Gasteiger partial charge in [-0.25, -0.2) is 4.39 Å². The predicted molar refractivity (Wildman–Crippen MR) is 61.6 cm³/mol. The van der Waals surface area contributed by atoms with E-state index in [1.807, 2.05) is 0 Å². The summed E-state index contributed by atoms with van der Waals surface area (Å²) in [6.07, 6.45) is -4.28.